The minimum Gasteiger partial charge on any atom is -0.497 e. The first-order chi connectivity index (χ1) is 10.1. The summed E-state index contributed by atoms with van der Waals surface area (Å²) in [6.45, 7) is 4.10. The summed E-state index contributed by atoms with van der Waals surface area (Å²) in [6, 6.07) is 16.0. The van der Waals surface area contributed by atoms with Gasteiger partial charge in [0.05, 0.1) is 20.3 Å². The molecule has 0 N–H and O–H groups in total. The number of methoxy groups -OCH3 is 2. The van der Waals surface area contributed by atoms with E-state index in [4.69, 9.17) is 14.5 Å². The van der Waals surface area contributed by atoms with Gasteiger partial charge >= 0.3 is 0 Å². The van der Waals surface area contributed by atoms with Crippen molar-refractivity contribution in [3.05, 3.63) is 59.7 Å². The first-order valence-corrected chi connectivity index (χ1v) is 6.97. The summed E-state index contributed by atoms with van der Waals surface area (Å²) in [7, 11) is 3.35. The van der Waals surface area contributed by atoms with Crippen LogP contribution in [0.25, 0.3) is 0 Å². The average molecular weight is 283 g/mol. The maximum atomic E-state index is 5.26. The number of hydrogen-bond acceptors (Lipinski definition) is 3. The highest BCUT2D eigenvalue weighted by atomic mass is 16.5. The van der Waals surface area contributed by atoms with E-state index >= 15 is 0 Å². The van der Waals surface area contributed by atoms with Gasteiger partial charge in [0.15, 0.2) is 0 Å². The predicted molar refractivity (Wildman–Crippen MR) is 86.6 cm³/mol. The summed E-state index contributed by atoms with van der Waals surface area (Å²) in [5.74, 6) is 1.70. The van der Waals surface area contributed by atoms with Crippen molar-refractivity contribution in [3.63, 3.8) is 0 Å². The van der Waals surface area contributed by atoms with Crippen molar-refractivity contribution < 1.29 is 9.47 Å². The van der Waals surface area contributed by atoms with Crippen molar-refractivity contribution in [2.75, 3.05) is 14.2 Å². The van der Waals surface area contributed by atoms with E-state index < -0.39 is 0 Å². The largest absolute Gasteiger partial charge is 0.497 e. The summed E-state index contributed by atoms with van der Waals surface area (Å²) in [5.41, 5.74) is 3.20. The SMILES string of the molecule is COc1cccc(C(C)=NC(C)c2cccc(OC)c2)c1. The highest BCUT2D eigenvalue weighted by Crippen LogP contribution is 2.23. The number of nitrogens with zero attached hydrogens (tertiary/aromatic N) is 1. The molecule has 0 bridgehead atoms. The molecule has 0 spiro atoms. The molecule has 110 valence electrons. The number of hydrogen-bond donors (Lipinski definition) is 0. The van der Waals surface area contributed by atoms with E-state index in [2.05, 4.69) is 13.0 Å². The molecule has 0 heterocycles. The zero-order valence-corrected chi connectivity index (χ0v) is 13.0. The number of aliphatic imine (C=N–C) groups is 1. The predicted octanol–water partition coefficient (Wildman–Crippen LogP) is 4.27. The van der Waals surface area contributed by atoms with Crippen LogP contribution in [-0.4, -0.2) is 19.9 Å². The molecule has 3 nitrogen and oxygen atoms in total. The highest BCUT2D eigenvalue weighted by Gasteiger charge is 2.07. The molecule has 21 heavy (non-hydrogen) atoms. The fourth-order valence-corrected chi connectivity index (χ4v) is 2.19. The van der Waals surface area contributed by atoms with Crippen LogP contribution in [0.3, 0.4) is 0 Å². The molecule has 2 aromatic carbocycles. The summed E-state index contributed by atoms with van der Waals surface area (Å²) >= 11 is 0. The number of benzene rings is 2. The minimum absolute atomic E-state index is 0.0753. The first kappa shape index (κ1) is 15.1. The molecule has 0 radical (unpaired) electrons. The van der Waals surface area contributed by atoms with Crippen LogP contribution < -0.4 is 9.47 Å². The Hall–Kier alpha value is -2.29. The van der Waals surface area contributed by atoms with E-state index in [0.717, 1.165) is 28.3 Å². The summed E-state index contributed by atoms with van der Waals surface area (Å²) in [6.07, 6.45) is 0. The molecule has 1 unspecified atom stereocenters. The molecule has 0 aromatic heterocycles. The van der Waals surface area contributed by atoms with Crippen molar-refractivity contribution in [1.29, 1.82) is 0 Å². The van der Waals surface area contributed by atoms with Gasteiger partial charge in [-0.2, -0.15) is 0 Å². The molecule has 3 heteroatoms. The fraction of sp³-hybridized carbons (Fsp3) is 0.278. The molecule has 0 aliphatic carbocycles. The van der Waals surface area contributed by atoms with E-state index in [1.54, 1.807) is 14.2 Å². The van der Waals surface area contributed by atoms with Crippen molar-refractivity contribution in [3.8, 4) is 11.5 Å². The Morgan fingerprint density at radius 3 is 2.24 bits per heavy atom. The molecule has 0 amide bonds. The van der Waals surface area contributed by atoms with Gasteiger partial charge in [0.25, 0.3) is 0 Å². The third-order valence-electron chi connectivity index (χ3n) is 3.45. The highest BCUT2D eigenvalue weighted by molar-refractivity contribution is 5.99. The Morgan fingerprint density at radius 1 is 0.952 bits per heavy atom. The van der Waals surface area contributed by atoms with Crippen LogP contribution in [0.15, 0.2) is 53.5 Å². The monoisotopic (exact) mass is 283 g/mol. The van der Waals surface area contributed by atoms with Crippen molar-refractivity contribution in [1.82, 2.24) is 0 Å². The maximum absolute atomic E-state index is 5.26. The molecular formula is C18H21NO2. The maximum Gasteiger partial charge on any atom is 0.119 e. The lowest BCUT2D eigenvalue weighted by atomic mass is 10.1. The van der Waals surface area contributed by atoms with Crippen molar-refractivity contribution in [2.45, 2.75) is 19.9 Å². The molecule has 1 atom stereocenters. The topological polar surface area (TPSA) is 30.8 Å². The summed E-state index contributed by atoms with van der Waals surface area (Å²) in [5, 5.41) is 0. The lowest BCUT2D eigenvalue weighted by molar-refractivity contribution is 0.414. The second-order valence-electron chi connectivity index (χ2n) is 4.90. The van der Waals surface area contributed by atoms with Crippen LogP contribution in [0, 0.1) is 0 Å². The second kappa shape index (κ2) is 6.93. The van der Waals surface area contributed by atoms with E-state index in [1.165, 1.54) is 0 Å². The quantitative estimate of drug-likeness (QED) is 0.767. The third-order valence-corrected chi connectivity index (χ3v) is 3.45. The van der Waals surface area contributed by atoms with Crippen LogP contribution in [0.2, 0.25) is 0 Å². The Bertz CT molecular complexity index is 635. The lowest BCUT2D eigenvalue weighted by Gasteiger charge is -2.11. The van der Waals surface area contributed by atoms with Gasteiger partial charge in [0, 0.05) is 5.71 Å². The van der Waals surface area contributed by atoms with Gasteiger partial charge in [-0.25, -0.2) is 0 Å². The zero-order valence-electron chi connectivity index (χ0n) is 13.0. The molecule has 0 aliphatic heterocycles. The molecule has 0 aliphatic rings. The summed E-state index contributed by atoms with van der Waals surface area (Å²) in [4.78, 5) is 4.77. The Balaban J connectivity index is 2.24. The molecule has 0 saturated heterocycles. The van der Waals surface area contributed by atoms with Crippen LogP contribution in [-0.2, 0) is 0 Å². The van der Waals surface area contributed by atoms with Crippen LogP contribution in [0.5, 0.6) is 11.5 Å². The van der Waals surface area contributed by atoms with E-state index in [-0.39, 0.29) is 6.04 Å². The second-order valence-corrected chi connectivity index (χ2v) is 4.90. The molecule has 0 saturated carbocycles. The molecular weight excluding hydrogens is 262 g/mol. The van der Waals surface area contributed by atoms with Gasteiger partial charge in [-0.3, -0.25) is 4.99 Å². The van der Waals surface area contributed by atoms with Crippen LogP contribution in [0.4, 0.5) is 0 Å². The smallest absolute Gasteiger partial charge is 0.119 e. The van der Waals surface area contributed by atoms with Gasteiger partial charge in [-0.05, 0) is 49.2 Å². The van der Waals surface area contributed by atoms with Gasteiger partial charge in [0.2, 0.25) is 0 Å². The standard InChI is InChI=1S/C18H21NO2/c1-13(15-7-5-9-17(11-15)20-3)19-14(2)16-8-6-10-18(12-16)21-4/h5-13H,1-4H3. The van der Waals surface area contributed by atoms with E-state index in [9.17, 15) is 0 Å². The lowest BCUT2D eigenvalue weighted by Crippen LogP contribution is -2.00. The molecule has 2 aromatic rings. The van der Waals surface area contributed by atoms with E-state index in [0.29, 0.717) is 0 Å². The van der Waals surface area contributed by atoms with Gasteiger partial charge < -0.3 is 9.47 Å². The van der Waals surface area contributed by atoms with Crippen LogP contribution >= 0.6 is 0 Å². The zero-order chi connectivity index (χ0) is 15.2. The molecule has 2 rings (SSSR count). The minimum atomic E-state index is 0.0753. The van der Waals surface area contributed by atoms with Crippen molar-refractivity contribution >= 4 is 5.71 Å². The van der Waals surface area contributed by atoms with Gasteiger partial charge in [-0.15, -0.1) is 0 Å². The van der Waals surface area contributed by atoms with Gasteiger partial charge in [0.1, 0.15) is 11.5 Å². The van der Waals surface area contributed by atoms with Gasteiger partial charge in [-0.1, -0.05) is 24.3 Å². The fourth-order valence-electron chi connectivity index (χ4n) is 2.19. The Kier molecular flexibility index (Phi) is 4.99. The van der Waals surface area contributed by atoms with E-state index in [1.807, 2.05) is 49.4 Å². The Morgan fingerprint density at radius 2 is 1.57 bits per heavy atom. The number of rotatable bonds is 5. The first-order valence-electron chi connectivity index (χ1n) is 6.97. The van der Waals surface area contributed by atoms with Crippen LogP contribution in [0.1, 0.15) is 31.0 Å². The average Bonchev–Trinajstić information content (AvgIpc) is 2.54. The summed E-state index contributed by atoms with van der Waals surface area (Å²) < 4.78 is 10.5. The molecule has 0 fully saturated rings. The Labute approximate surface area is 126 Å². The number of ether oxygens (including phenoxy) is 2. The third kappa shape index (κ3) is 3.85. The normalized spacial score (nSPS) is 12.9. The van der Waals surface area contributed by atoms with Crippen molar-refractivity contribution in [2.24, 2.45) is 4.99 Å².